The van der Waals surface area contributed by atoms with Crippen molar-refractivity contribution in [3.63, 3.8) is 0 Å². The van der Waals surface area contributed by atoms with Gasteiger partial charge in [-0.2, -0.15) is 0 Å². The van der Waals surface area contributed by atoms with Crippen molar-refractivity contribution in [1.82, 2.24) is 5.16 Å². The van der Waals surface area contributed by atoms with Crippen LogP contribution in [0.25, 0.3) is 11.3 Å². The maximum absolute atomic E-state index is 12.7. The number of rotatable bonds is 6. The summed E-state index contributed by atoms with van der Waals surface area (Å²) in [6, 6.07) is 12.8. The molecule has 0 radical (unpaired) electrons. The summed E-state index contributed by atoms with van der Waals surface area (Å²) in [5.41, 5.74) is 4.59. The van der Waals surface area contributed by atoms with E-state index in [-0.39, 0.29) is 24.1 Å². The van der Waals surface area contributed by atoms with Crippen LogP contribution in [0.1, 0.15) is 41.4 Å². The van der Waals surface area contributed by atoms with Gasteiger partial charge in [0, 0.05) is 23.9 Å². The van der Waals surface area contributed by atoms with Crippen LogP contribution in [0.4, 0.5) is 11.4 Å². The third kappa shape index (κ3) is 4.30. The molecular formula is C24H25N3O4. The summed E-state index contributed by atoms with van der Waals surface area (Å²) >= 11 is 0. The Balaban J connectivity index is 1.53. The van der Waals surface area contributed by atoms with Crippen LogP contribution in [-0.4, -0.2) is 30.1 Å². The first kappa shape index (κ1) is 20.7. The van der Waals surface area contributed by atoms with E-state index in [9.17, 15) is 9.59 Å². The summed E-state index contributed by atoms with van der Waals surface area (Å²) in [6.07, 6.45) is 1.87. The van der Waals surface area contributed by atoms with E-state index in [1.54, 1.807) is 29.2 Å². The van der Waals surface area contributed by atoms with E-state index in [1.165, 1.54) is 5.56 Å². The Morgan fingerprint density at radius 3 is 2.74 bits per heavy atom. The van der Waals surface area contributed by atoms with Gasteiger partial charge in [0.25, 0.3) is 11.8 Å². The van der Waals surface area contributed by atoms with E-state index >= 15 is 0 Å². The standard InChI is InChI=1S/C24H25N3O4/c1-4-5-10-27-20-12-18(8-9-21(20)30-14-23(27)28)25-24(29)19-13-22(31-26-19)17-7-6-15(2)16(3)11-17/h6-9,11-13H,4-5,10,14H2,1-3H3,(H,25,29). The molecule has 1 N–H and O–H groups in total. The molecule has 1 aliphatic heterocycles. The van der Waals surface area contributed by atoms with Gasteiger partial charge in [-0.1, -0.05) is 30.6 Å². The fraction of sp³-hybridized carbons (Fsp3) is 0.292. The molecule has 2 heterocycles. The van der Waals surface area contributed by atoms with E-state index < -0.39 is 0 Å². The summed E-state index contributed by atoms with van der Waals surface area (Å²) in [4.78, 5) is 26.7. The molecule has 0 saturated heterocycles. The monoisotopic (exact) mass is 419 g/mol. The average Bonchev–Trinajstić information content (AvgIpc) is 3.25. The average molecular weight is 419 g/mol. The van der Waals surface area contributed by atoms with E-state index in [4.69, 9.17) is 9.26 Å². The lowest BCUT2D eigenvalue weighted by Crippen LogP contribution is -2.39. The highest BCUT2D eigenvalue weighted by atomic mass is 16.5. The van der Waals surface area contributed by atoms with Crippen LogP contribution in [-0.2, 0) is 4.79 Å². The van der Waals surface area contributed by atoms with Gasteiger partial charge in [-0.15, -0.1) is 0 Å². The van der Waals surface area contributed by atoms with Crippen molar-refractivity contribution >= 4 is 23.2 Å². The second-order valence-electron chi connectivity index (χ2n) is 7.70. The molecule has 7 heteroatoms. The van der Waals surface area contributed by atoms with Gasteiger partial charge in [0.15, 0.2) is 18.1 Å². The zero-order valence-corrected chi connectivity index (χ0v) is 17.9. The summed E-state index contributed by atoms with van der Waals surface area (Å²) in [7, 11) is 0. The summed E-state index contributed by atoms with van der Waals surface area (Å²) in [5, 5.41) is 6.75. The first-order valence-electron chi connectivity index (χ1n) is 10.4. The Hall–Kier alpha value is -3.61. The third-order valence-corrected chi connectivity index (χ3v) is 5.43. The zero-order valence-electron chi connectivity index (χ0n) is 17.9. The Morgan fingerprint density at radius 2 is 1.97 bits per heavy atom. The molecule has 0 spiro atoms. The van der Waals surface area contributed by atoms with Crippen LogP contribution in [0.2, 0.25) is 0 Å². The van der Waals surface area contributed by atoms with E-state index in [1.807, 2.05) is 32.0 Å². The number of aromatic nitrogens is 1. The first-order valence-corrected chi connectivity index (χ1v) is 10.4. The lowest BCUT2D eigenvalue weighted by molar-refractivity contribution is -0.121. The predicted molar refractivity (Wildman–Crippen MR) is 119 cm³/mol. The summed E-state index contributed by atoms with van der Waals surface area (Å²) in [5.74, 6) is 0.691. The number of hydrogen-bond acceptors (Lipinski definition) is 5. The number of nitrogens with zero attached hydrogens (tertiary/aromatic N) is 2. The minimum Gasteiger partial charge on any atom is -0.482 e. The number of amides is 2. The van der Waals surface area contributed by atoms with Gasteiger partial charge in [0.05, 0.1) is 5.69 Å². The van der Waals surface area contributed by atoms with Crippen molar-refractivity contribution < 1.29 is 18.8 Å². The molecule has 1 aliphatic rings. The van der Waals surface area contributed by atoms with Gasteiger partial charge in [0.1, 0.15) is 5.75 Å². The van der Waals surface area contributed by atoms with Gasteiger partial charge in [-0.25, -0.2) is 0 Å². The second-order valence-corrected chi connectivity index (χ2v) is 7.70. The van der Waals surface area contributed by atoms with Crippen LogP contribution in [0, 0.1) is 13.8 Å². The highest BCUT2D eigenvalue weighted by Gasteiger charge is 2.25. The van der Waals surface area contributed by atoms with E-state index in [0.29, 0.717) is 29.4 Å². The molecule has 0 aliphatic carbocycles. The predicted octanol–water partition coefficient (Wildman–Crippen LogP) is 4.74. The Kier molecular flexibility index (Phi) is 5.75. The molecule has 31 heavy (non-hydrogen) atoms. The van der Waals surface area contributed by atoms with Crippen LogP contribution in [0.5, 0.6) is 5.75 Å². The molecule has 0 fully saturated rings. The number of fused-ring (bicyclic) bond motifs is 1. The number of unbranched alkanes of at least 4 members (excludes halogenated alkanes) is 1. The van der Waals surface area contributed by atoms with Crippen LogP contribution >= 0.6 is 0 Å². The number of aryl methyl sites for hydroxylation is 2. The van der Waals surface area contributed by atoms with Gasteiger partial charge in [0.2, 0.25) is 0 Å². The molecule has 3 aromatic rings. The maximum Gasteiger partial charge on any atom is 0.277 e. The third-order valence-electron chi connectivity index (χ3n) is 5.43. The van der Waals surface area contributed by atoms with E-state index in [2.05, 4.69) is 17.4 Å². The highest BCUT2D eigenvalue weighted by molar-refractivity contribution is 6.04. The minimum atomic E-state index is -0.387. The zero-order chi connectivity index (χ0) is 22.0. The quantitative estimate of drug-likeness (QED) is 0.624. The number of benzene rings is 2. The van der Waals surface area contributed by atoms with Crippen LogP contribution < -0.4 is 15.0 Å². The van der Waals surface area contributed by atoms with Gasteiger partial charge >= 0.3 is 0 Å². The van der Waals surface area contributed by atoms with Crippen molar-refractivity contribution in [3.05, 3.63) is 59.3 Å². The number of nitrogens with one attached hydrogen (secondary N) is 1. The number of carbonyl (C=O) groups is 2. The molecule has 1 aromatic heterocycles. The highest BCUT2D eigenvalue weighted by Crippen LogP contribution is 2.35. The molecule has 0 unspecified atom stereocenters. The molecule has 0 saturated carbocycles. The first-order chi connectivity index (χ1) is 15.0. The van der Waals surface area contributed by atoms with Crippen molar-refractivity contribution in [2.75, 3.05) is 23.4 Å². The Labute approximate surface area is 181 Å². The van der Waals surface area contributed by atoms with Crippen LogP contribution in [0.3, 0.4) is 0 Å². The van der Waals surface area contributed by atoms with Crippen molar-refractivity contribution in [3.8, 4) is 17.1 Å². The fourth-order valence-electron chi connectivity index (χ4n) is 3.45. The summed E-state index contributed by atoms with van der Waals surface area (Å²) in [6.45, 7) is 6.79. The molecule has 160 valence electrons. The van der Waals surface area contributed by atoms with Gasteiger partial charge in [-0.05, 0) is 55.7 Å². The number of hydrogen-bond donors (Lipinski definition) is 1. The van der Waals surface area contributed by atoms with Crippen LogP contribution in [0.15, 0.2) is 47.0 Å². The number of carbonyl (C=O) groups excluding carboxylic acids is 2. The van der Waals surface area contributed by atoms with Crippen molar-refractivity contribution in [2.24, 2.45) is 0 Å². The molecule has 2 amide bonds. The second kappa shape index (κ2) is 8.63. The Morgan fingerprint density at radius 1 is 1.13 bits per heavy atom. The normalized spacial score (nSPS) is 13.0. The van der Waals surface area contributed by atoms with E-state index in [0.717, 1.165) is 24.0 Å². The lowest BCUT2D eigenvalue weighted by Gasteiger charge is -2.29. The lowest BCUT2D eigenvalue weighted by atomic mass is 10.0. The largest absolute Gasteiger partial charge is 0.482 e. The van der Waals surface area contributed by atoms with Gasteiger partial charge in [-0.3, -0.25) is 9.59 Å². The molecule has 2 aromatic carbocycles. The number of anilines is 2. The topological polar surface area (TPSA) is 84.7 Å². The Bertz CT molecular complexity index is 1140. The number of ether oxygens (including phenoxy) is 1. The SMILES string of the molecule is CCCCN1C(=O)COc2ccc(NC(=O)c3cc(-c4ccc(C)c(C)c4)on3)cc21. The minimum absolute atomic E-state index is 0.0304. The maximum atomic E-state index is 12.7. The van der Waals surface area contributed by atoms with Crippen molar-refractivity contribution in [1.29, 1.82) is 0 Å². The smallest absolute Gasteiger partial charge is 0.277 e. The molecule has 0 bridgehead atoms. The molecule has 7 nitrogen and oxygen atoms in total. The molecule has 4 rings (SSSR count). The molecule has 0 atom stereocenters. The fourth-order valence-corrected chi connectivity index (χ4v) is 3.45. The summed E-state index contributed by atoms with van der Waals surface area (Å²) < 4.78 is 10.9. The molecular weight excluding hydrogens is 394 g/mol. The van der Waals surface area contributed by atoms with Gasteiger partial charge < -0.3 is 19.5 Å². The van der Waals surface area contributed by atoms with Crippen molar-refractivity contribution in [2.45, 2.75) is 33.6 Å².